The van der Waals surface area contributed by atoms with E-state index in [4.69, 9.17) is 16.3 Å². The summed E-state index contributed by atoms with van der Waals surface area (Å²) in [4.78, 5) is 13.1. The average Bonchev–Trinajstić information content (AvgIpc) is 2.18. The Kier molecular flexibility index (Phi) is 3.63. The van der Waals surface area contributed by atoms with E-state index in [0.29, 0.717) is 0 Å². The normalized spacial score (nSPS) is 9.36. The van der Waals surface area contributed by atoms with Crippen molar-refractivity contribution in [3.63, 3.8) is 0 Å². The second-order valence-corrected chi connectivity index (χ2v) is 2.86. The fourth-order valence-corrected chi connectivity index (χ4v) is 1.20. The molecule has 0 heterocycles. The van der Waals surface area contributed by atoms with Crippen LogP contribution in [0.25, 0.3) is 0 Å². The van der Waals surface area contributed by atoms with Crippen molar-refractivity contribution in [2.75, 3.05) is 7.11 Å². The Labute approximate surface area is 85.2 Å². The van der Waals surface area contributed by atoms with Crippen LogP contribution >= 0.6 is 11.6 Å². The molecule has 0 amide bonds. The number of isocyanates is 1. The number of methoxy groups -OCH3 is 1. The molecule has 14 heavy (non-hydrogen) atoms. The molecule has 5 heteroatoms. The highest BCUT2D eigenvalue weighted by molar-refractivity contribution is 6.31. The van der Waals surface area contributed by atoms with Crippen molar-refractivity contribution < 1.29 is 13.9 Å². The van der Waals surface area contributed by atoms with Gasteiger partial charge in [0.2, 0.25) is 6.08 Å². The van der Waals surface area contributed by atoms with Crippen LogP contribution in [0.2, 0.25) is 5.02 Å². The minimum Gasteiger partial charge on any atom is -0.494 e. The summed E-state index contributed by atoms with van der Waals surface area (Å²) in [7, 11) is 1.35. The van der Waals surface area contributed by atoms with E-state index in [1.165, 1.54) is 25.3 Å². The Morgan fingerprint density at radius 1 is 1.64 bits per heavy atom. The van der Waals surface area contributed by atoms with Crippen LogP contribution in [0.5, 0.6) is 5.75 Å². The van der Waals surface area contributed by atoms with E-state index in [-0.39, 0.29) is 22.9 Å². The monoisotopic (exact) mass is 215 g/mol. The average molecular weight is 216 g/mol. The summed E-state index contributed by atoms with van der Waals surface area (Å²) in [6, 6.07) is 2.89. The molecule has 0 saturated heterocycles. The third-order valence-corrected chi connectivity index (χ3v) is 2.03. The van der Waals surface area contributed by atoms with Crippen molar-refractivity contribution in [1.82, 2.24) is 0 Å². The van der Waals surface area contributed by atoms with Crippen LogP contribution in [-0.2, 0) is 11.3 Å². The molecule has 0 aliphatic carbocycles. The molecule has 0 aliphatic rings. The number of ether oxygens (including phenoxy) is 1. The fraction of sp³-hybridized carbons (Fsp3) is 0.222. The summed E-state index contributed by atoms with van der Waals surface area (Å²) in [5.41, 5.74) is 0.134. The second kappa shape index (κ2) is 4.74. The zero-order valence-corrected chi connectivity index (χ0v) is 8.14. The number of nitrogens with zero attached hydrogens (tertiary/aromatic N) is 1. The van der Waals surface area contributed by atoms with Gasteiger partial charge in [0.05, 0.1) is 13.7 Å². The molecule has 0 bridgehead atoms. The maximum absolute atomic E-state index is 13.5. The van der Waals surface area contributed by atoms with Gasteiger partial charge in [0.1, 0.15) is 0 Å². The van der Waals surface area contributed by atoms with Gasteiger partial charge >= 0.3 is 0 Å². The summed E-state index contributed by atoms with van der Waals surface area (Å²) in [6.45, 7) is -0.134. The van der Waals surface area contributed by atoms with Gasteiger partial charge in [-0.2, -0.15) is 0 Å². The number of hydrogen-bond acceptors (Lipinski definition) is 3. The molecular weight excluding hydrogens is 209 g/mol. The van der Waals surface area contributed by atoms with Gasteiger partial charge in [-0.15, -0.1) is 0 Å². The van der Waals surface area contributed by atoms with Crippen molar-refractivity contribution in [3.05, 3.63) is 28.5 Å². The Morgan fingerprint density at radius 3 is 2.93 bits per heavy atom. The van der Waals surface area contributed by atoms with Crippen molar-refractivity contribution in [2.24, 2.45) is 4.99 Å². The van der Waals surface area contributed by atoms with Crippen LogP contribution in [0.15, 0.2) is 17.1 Å². The smallest absolute Gasteiger partial charge is 0.235 e. The predicted molar refractivity (Wildman–Crippen MR) is 49.8 cm³/mol. The molecular formula is C9H7ClFNO2. The van der Waals surface area contributed by atoms with Gasteiger partial charge in [-0.25, -0.2) is 14.2 Å². The zero-order chi connectivity index (χ0) is 10.6. The highest BCUT2D eigenvalue weighted by atomic mass is 35.5. The molecule has 74 valence electrons. The lowest BCUT2D eigenvalue weighted by molar-refractivity contribution is 0.384. The molecule has 0 fully saturated rings. The first-order valence-corrected chi connectivity index (χ1v) is 4.13. The van der Waals surface area contributed by atoms with Gasteiger partial charge in [0.25, 0.3) is 0 Å². The minimum atomic E-state index is -0.598. The fourth-order valence-electron chi connectivity index (χ4n) is 0.990. The van der Waals surface area contributed by atoms with Crippen LogP contribution in [-0.4, -0.2) is 13.2 Å². The molecule has 0 aromatic heterocycles. The molecule has 0 spiro atoms. The van der Waals surface area contributed by atoms with Gasteiger partial charge in [-0.3, -0.25) is 0 Å². The Balaban J connectivity index is 3.17. The van der Waals surface area contributed by atoms with Crippen LogP contribution in [0.1, 0.15) is 5.56 Å². The Morgan fingerprint density at radius 2 is 2.36 bits per heavy atom. The number of rotatable bonds is 3. The number of halogens is 2. The lowest BCUT2D eigenvalue weighted by Gasteiger charge is -2.06. The third kappa shape index (κ3) is 2.10. The molecule has 0 saturated carbocycles. The van der Waals surface area contributed by atoms with E-state index in [2.05, 4.69) is 4.99 Å². The quantitative estimate of drug-likeness (QED) is 0.573. The number of carbonyl (C=O) groups excluding carboxylic acids is 1. The van der Waals surface area contributed by atoms with E-state index in [0.717, 1.165) is 0 Å². The van der Waals surface area contributed by atoms with Crippen LogP contribution in [0.3, 0.4) is 0 Å². The maximum atomic E-state index is 13.5. The summed E-state index contributed by atoms with van der Waals surface area (Å²) < 4.78 is 18.2. The molecule has 1 aromatic carbocycles. The van der Waals surface area contributed by atoms with Crippen LogP contribution < -0.4 is 4.74 Å². The Bertz CT molecular complexity index is 389. The molecule has 0 radical (unpaired) electrons. The summed E-state index contributed by atoms with van der Waals surface area (Å²) in [6.07, 6.45) is 1.32. The molecule has 3 nitrogen and oxygen atoms in total. The first kappa shape index (κ1) is 10.7. The van der Waals surface area contributed by atoms with Gasteiger partial charge < -0.3 is 4.74 Å². The molecule has 0 unspecified atom stereocenters. The first-order valence-electron chi connectivity index (χ1n) is 3.75. The molecule has 0 aliphatic heterocycles. The van der Waals surface area contributed by atoms with E-state index >= 15 is 0 Å². The largest absolute Gasteiger partial charge is 0.494 e. The van der Waals surface area contributed by atoms with Gasteiger partial charge in [-0.1, -0.05) is 11.6 Å². The van der Waals surface area contributed by atoms with E-state index in [1.54, 1.807) is 0 Å². The van der Waals surface area contributed by atoms with Gasteiger partial charge in [0, 0.05) is 10.6 Å². The Hall–Kier alpha value is -1.38. The lowest BCUT2D eigenvalue weighted by Crippen LogP contribution is -1.95. The van der Waals surface area contributed by atoms with Crippen molar-refractivity contribution in [1.29, 1.82) is 0 Å². The summed E-state index contributed by atoms with van der Waals surface area (Å²) in [5.74, 6) is -0.524. The van der Waals surface area contributed by atoms with Crippen molar-refractivity contribution in [3.8, 4) is 5.75 Å². The zero-order valence-electron chi connectivity index (χ0n) is 7.38. The lowest BCUT2D eigenvalue weighted by atomic mass is 10.2. The standard InChI is InChI=1S/C9H7ClFNO2/c1-14-8-3-2-7(10)6(9(8)11)4-12-5-13/h2-3H,4H2,1H3. The highest BCUT2D eigenvalue weighted by Crippen LogP contribution is 2.27. The van der Waals surface area contributed by atoms with E-state index in [1.807, 2.05) is 0 Å². The molecule has 1 rings (SSSR count). The van der Waals surface area contributed by atoms with Gasteiger partial charge in [-0.05, 0) is 12.1 Å². The minimum absolute atomic E-state index is 0.0745. The van der Waals surface area contributed by atoms with Crippen molar-refractivity contribution >= 4 is 17.7 Å². The second-order valence-electron chi connectivity index (χ2n) is 2.45. The van der Waals surface area contributed by atoms with E-state index in [9.17, 15) is 9.18 Å². The summed E-state index contributed by atoms with van der Waals surface area (Å²) in [5, 5.41) is 0.210. The first-order chi connectivity index (χ1) is 6.70. The van der Waals surface area contributed by atoms with Crippen LogP contribution in [0.4, 0.5) is 4.39 Å². The topological polar surface area (TPSA) is 38.7 Å². The highest BCUT2D eigenvalue weighted by Gasteiger charge is 2.11. The van der Waals surface area contributed by atoms with Crippen molar-refractivity contribution in [2.45, 2.75) is 6.54 Å². The SMILES string of the molecule is COc1ccc(Cl)c(CN=C=O)c1F. The summed E-state index contributed by atoms with van der Waals surface area (Å²) >= 11 is 5.71. The third-order valence-electron chi connectivity index (χ3n) is 1.67. The van der Waals surface area contributed by atoms with Gasteiger partial charge in [0.15, 0.2) is 11.6 Å². The maximum Gasteiger partial charge on any atom is 0.235 e. The molecule has 0 N–H and O–H groups in total. The number of benzene rings is 1. The number of hydrogen-bond donors (Lipinski definition) is 0. The predicted octanol–water partition coefficient (Wildman–Crippen LogP) is 2.32. The number of aliphatic imine (C=N–C) groups is 1. The molecule has 0 atom stereocenters. The van der Waals surface area contributed by atoms with Crippen LogP contribution in [0, 0.1) is 5.82 Å². The molecule has 1 aromatic rings. The van der Waals surface area contributed by atoms with E-state index < -0.39 is 5.82 Å².